The number of nitrogens with one attached hydrogen (secondary N) is 2. The number of likely N-dealkylation sites (N-methyl/N-ethyl adjacent to an activating group) is 1. The van der Waals surface area contributed by atoms with Crippen molar-refractivity contribution in [1.82, 2.24) is 20.4 Å². The van der Waals surface area contributed by atoms with Gasteiger partial charge >= 0.3 is 0 Å². The van der Waals surface area contributed by atoms with Crippen LogP contribution in [-0.4, -0.2) is 73.0 Å². The summed E-state index contributed by atoms with van der Waals surface area (Å²) in [5, 5.41) is 6.34. The predicted octanol–water partition coefficient (Wildman–Crippen LogP) is 0.822. The molecule has 6 nitrogen and oxygen atoms in total. The van der Waals surface area contributed by atoms with Gasteiger partial charge in [0.05, 0.1) is 12.1 Å². The predicted molar refractivity (Wildman–Crippen MR) is 95.7 cm³/mol. The lowest BCUT2D eigenvalue weighted by atomic mass is 9.96. The van der Waals surface area contributed by atoms with Gasteiger partial charge in [0.1, 0.15) is 0 Å². The van der Waals surface area contributed by atoms with Crippen molar-refractivity contribution in [3.63, 3.8) is 0 Å². The van der Waals surface area contributed by atoms with Gasteiger partial charge in [-0.2, -0.15) is 0 Å². The lowest BCUT2D eigenvalue weighted by molar-refractivity contribution is -0.137. The Labute approximate surface area is 146 Å². The summed E-state index contributed by atoms with van der Waals surface area (Å²) < 4.78 is 0. The van der Waals surface area contributed by atoms with Crippen LogP contribution in [-0.2, 0) is 9.59 Å². The fourth-order valence-electron chi connectivity index (χ4n) is 3.60. The van der Waals surface area contributed by atoms with E-state index in [2.05, 4.69) is 15.5 Å². The third-order valence-electron chi connectivity index (χ3n) is 5.52. The fraction of sp³-hybridized carbons (Fsp3) is 0.889. The van der Waals surface area contributed by atoms with Gasteiger partial charge in [0, 0.05) is 26.2 Å². The lowest BCUT2D eigenvalue weighted by Gasteiger charge is -2.38. The Bertz CT molecular complexity index is 435. The zero-order chi connectivity index (χ0) is 17.7. The smallest absolute Gasteiger partial charge is 0.239 e. The molecule has 0 saturated carbocycles. The summed E-state index contributed by atoms with van der Waals surface area (Å²) >= 11 is 0. The largest absolute Gasteiger partial charge is 0.354 e. The van der Waals surface area contributed by atoms with Gasteiger partial charge in [0.15, 0.2) is 0 Å². The second-order valence-corrected chi connectivity index (χ2v) is 7.62. The molecular weight excluding hydrogens is 304 g/mol. The molecule has 138 valence electrons. The third kappa shape index (κ3) is 4.93. The van der Waals surface area contributed by atoms with E-state index in [1.807, 2.05) is 32.7 Å². The average molecular weight is 338 g/mol. The van der Waals surface area contributed by atoms with Crippen LogP contribution in [0.3, 0.4) is 0 Å². The molecule has 2 fully saturated rings. The molecule has 24 heavy (non-hydrogen) atoms. The van der Waals surface area contributed by atoms with Gasteiger partial charge in [-0.3, -0.25) is 14.5 Å². The Hall–Kier alpha value is -1.14. The maximum Gasteiger partial charge on any atom is 0.239 e. The molecule has 2 heterocycles. The van der Waals surface area contributed by atoms with Crippen LogP contribution in [0.25, 0.3) is 0 Å². The lowest BCUT2D eigenvalue weighted by Crippen LogP contribution is -2.52. The highest BCUT2D eigenvalue weighted by molar-refractivity contribution is 5.82. The fourth-order valence-corrected chi connectivity index (χ4v) is 3.60. The van der Waals surface area contributed by atoms with Gasteiger partial charge in [-0.25, -0.2) is 0 Å². The van der Waals surface area contributed by atoms with Crippen molar-refractivity contribution in [2.24, 2.45) is 5.92 Å². The van der Waals surface area contributed by atoms with Crippen LogP contribution in [0.1, 0.15) is 46.5 Å². The summed E-state index contributed by atoms with van der Waals surface area (Å²) in [5.41, 5.74) is 0. The first kappa shape index (κ1) is 19.2. The standard InChI is InChI=1S/C18H34N4O2/c1-13(2)21(4)18(24)14(3)22-10-6-7-15(12-22)11-20-17(23)16-8-5-9-19-16/h13-16,19H,5-12H2,1-4H3,(H,20,23). The van der Waals surface area contributed by atoms with E-state index >= 15 is 0 Å². The zero-order valence-corrected chi connectivity index (χ0v) is 15.7. The molecular formula is C18H34N4O2. The van der Waals surface area contributed by atoms with Gasteiger partial charge in [-0.05, 0) is 65.5 Å². The number of piperidine rings is 1. The first-order valence-electron chi connectivity index (χ1n) is 9.42. The van der Waals surface area contributed by atoms with Crippen LogP contribution in [0.4, 0.5) is 0 Å². The monoisotopic (exact) mass is 338 g/mol. The van der Waals surface area contributed by atoms with Crippen molar-refractivity contribution in [3.8, 4) is 0 Å². The van der Waals surface area contributed by atoms with Gasteiger partial charge in [-0.1, -0.05) is 0 Å². The van der Waals surface area contributed by atoms with Crippen LogP contribution >= 0.6 is 0 Å². The van der Waals surface area contributed by atoms with E-state index in [1.54, 1.807) is 0 Å². The highest BCUT2D eigenvalue weighted by atomic mass is 16.2. The van der Waals surface area contributed by atoms with Crippen molar-refractivity contribution in [1.29, 1.82) is 0 Å². The van der Waals surface area contributed by atoms with E-state index < -0.39 is 0 Å². The quantitative estimate of drug-likeness (QED) is 0.753. The molecule has 0 spiro atoms. The summed E-state index contributed by atoms with van der Waals surface area (Å²) in [6.45, 7) is 9.59. The third-order valence-corrected chi connectivity index (χ3v) is 5.52. The van der Waals surface area contributed by atoms with E-state index in [1.165, 1.54) is 0 Å². The van der Waals surface area contributed by atoms with Crippen LogP contribution in [0.15, 0.2) is 0 Å². The molecule has 3 atom stereocenters. The minimum Gasteiger partial charge on any atom is -0.354 e. The number of carbonyl (C=O) groups is 2. The highest BCUT2D eigenvalue weighted by Crippen LogP contribution is 2.19. The van der Waals surface area contributed by atoms with E-state index in [0.717, 1.165) is 45.3 Å². The Morgan fingerprint density at radius 1 is 1.25 bits per heavy atom. The first-order valence-corrected chi connectivity index (χ1v) is 9.42. The summed E-state index contributed by atoms with van der Waals surface area (Å²) in [7, 11) is 1.87. The molecule has 2 saturated heterocycles. The maximum absolute atomic E-state index is 12.5. The molecule has 0 aliphatic carbocycles. The van der Waals surface area contributed by atoms with E-state index in [9.17, 15) is 9.59 Å². The van der Waals surface area contributed by atoms with Crippen LogP contribution in [0.5, 0.6) is 0 Å². The molecule has 6 heteroatoms. The van der Waals surface area contributed by atoms with Crippen LogP contribution in [0.2, 0.25) is 0 Å². The van der Waals surface area contributed by atoms with Crippen molar-refractivity contribution < 1.29 is 9.59 Å². The average Bonchev–Trinajstić information content (AvgIpc) is 3.12. The zero-order valence-electron chi connectivity index (χ0n) is 15.7. The minimum absolute atomic E-state index is 0.00936. The summed E-state index contributed by atoms with van der Waals surface area (Å²) in [6, 6.07) is 0.121. The molecule has 2 aliphatic rings. The molecule has 0 aromatic carbocycles. The first-order chi connectivity index (χ1) is 11.4. The number of amides is 2. The van der Waals surface area contributed by atoms with Crippen molar-refractivity contribution >= 4 is 11.8 Å². The number of likely N-dealkylation sites (tertiary alicyclic amines) is 1. The Morgan fingerprint density at radius 3 is 2.62 bits per heavy atom. The normalized spacial score (nSPS) is 26.4. The molecule has 0 aromatic rings. The van der Waals surface area contributed by atoms with Gasteiger partial charge in [0.25, 0.3) is 0 Å². The molecule has 3 unspecified atom stereocenters. The number of rotatable bonds is 6. The second kappa shape index (κ2) is 8.81. The molecule has 2 amide bonds. The molecule has 2 rings (SSSR count). The topological polar surface area (TPSA) is 64.7 Å². The minimum atomic E-state index is -0.0904. The number of carbonyl (C=O) groups excluding carboxylic acids is 2. The highest BCUT2D eigenvalue weighted by Gasteiger charge is 2.30. The second-order valence-electron chi connectivity index (χ2n) is 7.62. The van der Waals surface area contributed by atoms with Crippen LogP contribution < -0.4 is 10.6 Å². The van der Waals surface area contributed by atoms with E-state index in [-0.39, 0.29) is 29.9 Å². The molecule has 0 radical (unpaired) electrons. The Morgan fingerprint density at radius 2 is 2.00 bits per heavy atom. The van der Waals surface area contributed by atoms with Crippen LogP contribution in [0, 0.1) is 5.92 Å². The molecule has 2 aliphatic heterocycles. The maximum atomic E-state index is 12.5. The summed E-state index contributed by atoms with van der Waals surface area (Å²) in [4.78, 5) is 28.8. The van der Waals surface area contributed by atoms with Gasteiger partial charge in [0.2, 0.25) is 11.8 Å². The number of nitrogens with zero attached hydrogens (tertiary/aromatic N) is 2. The Kier molecular flexibility index (Phi) is 7.04. The van der Waals surface area contributed by atoms with Crippen molar-refractivity contribution in [2.45, 2.75) is 64.6 Å². The summed E-state index contributed by atoms with van der Waals surface area (Å²) in [6.07, 6.45) is 4.23. The summed E-state index contributed by atoms with van der Waals surface area (Å²) in [5.74, 6) is 0.752. The van der Waals surface area contributed by atoms with Crippen molar-refractivity contribution in [2.75, 3.05) is 33.2 Å². The number of hydrogen-bond acceptors (Lipinski definition) is 4. The molecule has 2 N–H and O–H groups in total. The number of hydrogen-bond donors (Lipinski definition) is 2. The SMILES string of the molecule is CC(C(=O)N(C)C(C)C)N1CCCC(CNC(=O)C2CCCN2)C1. The van der Waals surface area contributed by atoms with E-state index in [0.29, 0.717) is 12.5 Å². The van der Waals surface area contributed by atoms with Gasteiger partial charge < -0.3 is 15.5 Å². The Balaban J connectivity index is 1.80. The molecule has 0 bridgehead atoms. The molecule has 0 aromatic heterocycles. The van der Waals surface area contributed by atoms with E-state index in [4.69, 9.17) is 0 Å². The van der Waals surface area contributed by atoms with Crippen molar-refractivity contribution in [3.05, 3.63) is 0 Å². The van der Waals surface area contributed by atoms with Gasteiger partial charge in [-0.15, -0.1) is 0 Å².